The van der Waals surface area contributed by atoms with Crippen molar-refractivity contribution in [3.05, 3.63) is 0 Å². The molecule has 4 nitrogen and oxygen atoms in total. The summed E-state index contributed by atoms with van der Waals surface area (Å²) in [6.07, 6.45) is 5.02. The molecule has 1 heterocycles. The van der Waals surface area contributed by atoms with Gasteiger partial charge in [0.1, 0.15) is 0 Å². The van der Waals surface area contributed by atoms with E-state index in [0.717, 1.165) is 26.0 Å². The molecule has 2 N–H and O–H groups in total. The van der Waals surface area contributed by atoms with Gasteiger partial charge in [0, 0.05) is 13.7 Å². The fraction of sp³-hybridized carbons (Fsp3) is 0.909. The molecule has 0 aliphatic carbocycles. The standard InChI is InChI=1S/C11H22N2O2/c1-9(11(14)12-2)13-7-6-10-5-3-4-8-15-10/h9-10,13H,3-8H2,1-2H3,(H,12,14). The molecule has 0 radical (unpaired) electrons. The topological polar surface area (TPSA) is 50.4 Å². The number of carbonyl (C=O) groups is 1. The fourth-order valence-electron chi connectivity index (χ4n) is 1.81. The van der Waals surface area contributed by atoms with Gasteiger partial charge in [-0.3, -0.25) is 4.79 Å². The maximum Gasteiger partial charge on any atom is 0.236 e. The molecular weight excluding hydrogens is 192 g/mol. The van der Waals surface area contributed by atoms with E-state index < -0.39 is 0 Å². The molecule has 2 unspecified atom stereocenters. The van der Waals surface area contributed by atoms with E-state index in [1.165, 1.54) is 12.8 Å². The van der Waals surface area contributed by atoms with Crippen LogP contribution in [0, 0.1) is 0 Å². The number of ether oxygens (including phenoxy) is 1. The Labute approximate surface area is 91.8 Å². The number of nitrogens with one attached hydrogen (secondary N) is 2. The Kier molecular flexibility index (Phi) is 5.65. The molecule has 1 rings (SSSR count). The lowest BCUT2D eigenvalue weighted by Gasteiger charge is -2.23. The molecule has 88 valence electrons. The number of amides is 1. The highest BCUT2D eigenvalue weighted by Crippen LogP contribution is 2.14. The van der Waals surface area contributed by atoms with Crippen molar-refractivity contribution in [3.63, 3.8) is 0 Å². The Morgan fingerprint density at radius 2 is 2.33 bits per heavy atom. The van der Waals surface area contributed by atoms with Crippen LogP contribution in [-0.4, -0.2) is 38.3 Å². The zero-order valence-corrected chi connectivity index (χ0v) is 9.71. The number of hydrogen-bond donors (Lipinski definition) is 2. The van der Waals surface area contributed by atoms with Gasteiger partial charge in [0.2, 0.25) is 5.91 Å². The van der Waals surface area contributed by atoms with Gasteiger partial charge in [0.05, 0.1) is 12.1 Å². The number of likely N-dealkylation sites (N-methyl/N-ethyl adjacent to an activating group) is 1. The van der Waals surface area contributed by atoms with E-state index in [2.05, 4.69) is 10.6 Å². The van der Waals surface area contributed by atoms with Crippen molar-refractivity contribution in [2.24, 2.45) is 0 Å². The molecule has 1 fully saturated rings. The second-order valence-electron chi connectivity index (χ2n) is 4.07. The second-order valence-corrected chi connectivity index (χ2v) is 4.07. The number of hydrogen-bond acceptors (Lipinski definition) is 3. The Hall–Kier alpha value is -0.610. The maximum absolute atomic E-state index is 11.2. The van der Waals surface area contributed by atoms with E-state index >= 15 is 0 Å². The van der Waals surface area contributed by atoms with Gasteiger partial charge in [-0.05, 0) is 39.2 Å². The van der Waals surface area contributed by atoms with Gasteiger partial charge in [-0.1, -0.05) is 0 Å². The summed E-state index contributed by atoms with van der Waals surface area (Å²) in [5.41, 5.74) is 0. The summed E-state index contributed by atoms with van der Waals surface area (Å²) in [5.74, 6) is 0.0413. The fourth-order valence-corrected chi connectivity index (χ4v) is 1.81. The molecule has 0 aromatic heterocycles. The van der Waals surface area contributed by atoms with Crippen LogP contribution in [0.25, 0.3) is 0 Å². The first-order chi connectivity index (χ1) is 7.24. The average Bonchev–Trinajstić information content (AvgIpc) is 2.29. The summed E-state index contributed by atoms with van der Waals surface area (Å²) < 4.78 is 5.61. The van der Waals surface area contributed by atoms with E-state index in [4.69, 9.17) is 4.74 Å². The van der Waals surface area contributed by atoms with Crippen LogP contribution in [-0.2, 0) is 9.53 Å². The molecule has 4 heteroatoms. The van der Waals surface area contributed by atoms with Gasteiger partial charge in [0.15, 0.2) is 0 Å². The largest absolute Gasteiger partial charge is 0.378 e. The highest BCUT2D eigenvalue weighted by Gasteiger charge is 2.15. The van der Waals surface area contributed by atoms with Crippen molar-refractivity contribution in [2.45, 2.75) is 44.8 Å². The van der Waals surface area contributed by atoms with E-state index in [1.807, 2.05) is 6.92 Å². The second kappa shape index (κ2) is 6.80. The highest BCUT2D eigenvalue weighted by molar-refractivity contribution is 5.80. The Morgan fingerprint density at radius 3 is 2.93 bits per heavy atom. The third-order valence-electron chi connectivity index (χ3n) is 2.83. The van der Waals surface area contributed by atoms with E-state index in [1.54, 1.807) is 7.05 Å². The lowest BCUT2D eigenvalue weighted by Crippen LogP contribution is -2.41. The molecule has 15 heavy (non-hydrogen) atoms. The minimum absolute atomic E-state index is 0.0413. The summed E-state index contributed by atoms with van der Waals surface area (Å²) in [5, 5.41) is 5.81. The lowest BCUT2D eigenvalue weighted by molar-refractivity contribution is -0.122. The van der Waals surface area contributed by atoms with Gasteiger partial charge < -0.3 is 15.4 Å². The first-order valence-electron chi connectivity index (χ1n) is 5.80. The minimum atomic E-state index is -0.112. The molecular formula is C11H22N2O2. The van der Waals surface area contributed by atoms with Crippen LogP contribution in [0.15, 0.2) is 0 Å². The average molecular weight is 214 g/mol. The van der Waals surface area contributed by atoms with Crippen molar-refractivity contribution in [2.75, 3.05) is 20.2 Å². The predicted molar refractivity (Wildman–Crippen MR) is 59.7 cm³/mol. The zero-order chi connectivity index (χ0) is 11.1. The first kappa shape index (κ1) is 12.5. The van der Waals surface area contributed by atoms with Crippen LogP contribution < -0.4 is 10.6 Å². The van der Waals surface area contributed by atoms with E-state index in [0.29, 0.717) is 6.10 Å². The summed E-state index contributed by atoms with van der Waals surface area (Å²) in [7, 11) is 1.66. The molecule has 0 saturated carbocycles. The monoisotopic (exact) mass is 214 g/mol. The normalized spacial score (nSPS) is 23.5. The van der Waals surface area contributed by atoms with Gasteiger partial charge in [-0.25, -0.2) is 0 Å². The number of carbonyl (C=O) groups excluding carboxylic acids is 1. The Balaban J connectivity index is 2.07. The van der Waals surface area contributed by atoms with Gasteiger partial charge in [-0.2, -0.15) is 0 Å². The van der Waals surface area contributed by atoms with Crippen molar-refractivity contribution in [1.29, 1.82) is 0 Å². The summed E-state index contributed by atoms with van der Waals surface area (Å²) in [6.45, 7) is 3.62. The van der Waals surface area contributed by atoms with Crippen LogP contribution in [0.4, 0.5) is 0 Å². The third kappa shape index (κ3) is 4.62. The maximum atomic E-state index is 11.2. The molecule has 1 amide bonds. The molecule has 0 bridgehead atoms. The van der Waals surface area contributed by atoms with Crippen molar-refractivity contribution >= 4 is 5.91 Å². The molecule has 1 aliphatic rings. The van der Waals surface area contributed by atoms with Crippen molar-refractivity contribution in [1.82, 2.24) is 10.6 Å². The van der Waals surface area contributed by atoms with Gasteiger partial charge in [-0.15, -0.1) is 0 Å². The van der Waals surface area contributed by atoms with E-state index in [9.17, 15) is 4.79 Å². The Bertz CT molecular complexity index is 191. The van der Waals surface area contributed by atoms with E-state index in [-0.39, 0.29) is 11.9 Å². The van der Waals surface area contributed by atoms with Crippen molar-refractivity contribution < 1.29 is 9.53 Å². The number of rotatable bonds is 5. The molecule has 1 aliphatic heterocycles. The molecule has 2 atom stereocenters. The molecule has 0 aromatic rings. The highest BCUT2D eigenvalue weighted by atomic mass is 16.5. The SMILES string of the molecule is CNC(=O)C(C)NCCC1CCCCO1. The first-order valence-corrected chi connectivity index (χ1v) is 5.80. The predicted octanol–water partition coefficient (Wildman–Crippen LogP) is 0.670. The summed E-state index contributed by atoms with van der Waals surface area (Å²) >= 11 is 0. The van der Waals surface area contributed by atoms with Crippen LogP contribution in [0.3, 0.4) is 0 Å². The van der Waals surface area contributed by atoms with Crippen LogP contribution in [0.2, 0.25) is 0 Å². The van der Waals surface area contributed by atoms with Crippen LogP contribution in [0.1, 0.15) is 32.6 Å². The zero-order valence-electron chi connectivity index (χ0n) is 9.71. The van der Waals surface area contributed by atoms with Crippen LogP contribution in [0.5, 0.6) is 0 Å². The lowest BCUT2D eigenvalue weighted by atomic mass is 10.1. The molecule has 1 saturated heterocycles. The van der Waals surface area contributed by atoms with Crippen LogP contribution >= 0.6 is 0 Å². The minimum Gasteiger partial charge on any atom is -0.378 e. The summed E-state index contributed by atoms with van der Waals surface area (Å²) in [4.78, 5) is 11.2. The molecule has 0 aromatic carbocycles. The van der Waals surface area contributed by atoms with Gasteiger partial charge in [0.25, 0.3) is 0 Å². The smallest absolute Gasteiger partial charge is 0.236 e. The third-order valence-corrected chi connectivity index (χ3v) is 2.83. The molecule has 0 spiro atoms. The summed E-state index contributed by atoms with van der Waals surface area (Å²) in [6, 6.07) is -0.112. The van der Waals surface area contributed by atoms with Gasteiger partial charge >= 0.3 is 0 Å². The quantitative estimate of drug-likeness (QED) is 0.707. The van der Waals surface area contributed by atoms with Crippen molar-refractivity contribution in [3.8, 4) is 0 Å². The Morgan fingerprint density at radius 1 is 1.53 bits per heavy atom.